The minimum Gasteiger partial charge on any atom is -0.396 e. The van der Waals surface area contributed by atoms with Crippen LogP contribution in [0, 0.1) is 0 Å². The summed E-state index contributed by atoms with van der Waals surface area (Å²) >= 11 is 12.0. The molecular formula is C18H18Cl2N2O2. The van der Waals surface area contributed by atoms with Crippen LogP contribution >= 0.6 is 23.2 Å². The number of hydrogen-bond donors (Lipinski definition) is 0. The maximum atomic E-state index is 12.2. The molecule has 0 unspecified atom stereocenters. The smallest absolute Gasteiger partial charge is 0.137 e. The molecule has 126 valence electrons. The van der Waals surface area contributed by atoms with Crippen LogP contribution in [-0.4, -0.2) is 23.1 Å². The number of carbonyl (C=O) groups is 1. The first-order valence-electron chi connectivity index (χ1n) is 7.65. The van der Waals surface area contributed by atoms with Gasteiger partial charge in [-0.2, -0.15) is 0 Å². The zero-order valence-corrected chi connectivity index (χ0v) is 14.8. The van der Waals surface area contributed by atoms with Gasteiger partial charge in [-0.05, 0) is 30.7 Å². The van der Waals surface area contributed by atoms with E-state index in [1.54, 1.807) is 24.5 Å². The molecule has 1 aromatic carbocycles. The van der Waals surface area contributed by atoms with Crippen molar-refractivity contribution in [2.45, 2.75) is 26.2 Å². The number of pyridine rings is 1. The quantitative estimate of drug-likeness (QED) is 0.502. The van der Waals surface area contributed by atoms with E-state index in [-0.39, 0.29) is 5.78 Å². The number of ketones is 1. The zero-order valence-electron chi connectivity index (χ0n) is 13.3. The van der Waals surface area contributed by atoms with Crippen LogP contribution in [0.15, 0.2) is 47.9 Å². The summed E-state index contributed by atoms with van der Waals surface area (Å²) < 4.78 is 0. The highest BCUT2D eigenvalue weighted by Gasteiger charge is 2.11. The molecule has 0 spiro atoms. The number of oxime groups is 1. The Morgan fingerprint density at radius 3 is 2.71 bits per heavy atom. The molecular weight excluding hydrogens is 347 g/mol. The van der Waals surface area contributed by atoms with Crippen LogP contribution < -0.4 is 0 Å². The maximum Gasteiger partial charge on any atom is 0.137 e. The minimum absolute atomic E-state index is 0.118. The molecule has 0 bridgehead atoms. The molecule has 0 saturated heterocycles. The van der Waals surface area contributed by atoms with Crippen molar-refractivity contribution in [2.75, 3.05) is 6.61 Å². The number of rotatable bonds is 8. The van der Waals surface area contributed by atoms with Gasteiger partial charge in [0.05, 0.1) is 15.8 Å². The third-order valence-corrected chi connectivity index (χ3v) is 4.06. The Balaban J connectivity index is 2.03. The van der Waals surface area contributed by atoms with Crippen molar-refractivity contribution in [3.05, 3.63) is 63.9 Å². The molecule has 2 rings (SSSR count). The third-order valence-electron chi connectivity index (χ3n) is 3.32. The van der Waals surface area contributed by atoms with Crippen LogP contribution in [0.25, 0.3) is 0 Å². The van der Waals surface area contributed by atoms with Crippen molar-refractivity contribution in [2.24, 2.45) is 5.16 Å². The molecule has 6 heteroatoms. The average molecular weight is 365 g/mol. The van der Waals surface area contributed by atoms with Crippen LogP contribution in [-0.2, 0) is 16.1 Å². The van der Waals surface area contributed by atoms with Crippen molar-refractivity contribution in [1.82, 2.24) is 4.98 Å². The van der Waals surface area contributed by atoms with Gasteiger partial charge in [0.2, 0.25) is 0 Å². The molecule has 0 amide bonds. The fraction of sp³-hybridized carbons (Fsp3) is 0.278. The molecule has 2 aromatic rings. The van der Waals surface area contributed by atoms with Crippen LogP contribution in [0.3, 0.4) is 0 Å². The molecule has 0 atom stereocenters. The Hall–Kier alpha value is -1.91. The van der Waals surface area contributed by atoms with Crippen LogP contribution in [0.2, 0.25) is 10.0 Å². The molecule has 0 aliphatic rings. The lowest BCUT2D eigenvalue weighted by Crippen LogP contribution is -2.09. The van der Waals surface area contributed by atoms with Gasteiger partial charge in [0, 0.05) is 37.2 Å². The summed E-state index contributed by atoms with van der Waals surface area (Å²) in [6, 6.07) is 8.96. The fourth-order valence-electron chi connectivity index (χ4n) is 2.14. The lowest BCUT2D eigenvalue weighted by molar-refractivity contribution is -0.118. The Labute approximate surface area is 151 Å². The number of nitrogens with zero attached hydrogens (tertiary/aromatic N) is 2. The van der Waals surface area contributed by atoms with E-state index in [9.17, 15) is 4.79 Å². The predicted molar refractivity (Wildman–Crippen MR) is 96.8 cm³/mol. The highest BCUT2D eigenvalue weighted by atomic mass is 35.5. The molecule has 0 radical (unpaired) electrons. The van der Waals surface area contributed by atoms with E-state index in [1.807, 2.05) is 25.1 Å². The van der Waals surface area contributed by atoms with E-state index < -0.39 is 0 Å². The van der Waals surface area contributed by atoms with Gasteiger partial charge in [0.15, 0.2) is 0 Å². The van der Waals surface area contributed by atoms with Gasteiger partial charge in [-0.15, -0.1) is 0 Å². The predicted octanol–water partition coefficient (Wildman–Crippen LogP) is 4.72. The van der Waals surface area contributed by atoms with E-state index >= 15 is 0 Å². The summed E-state index contributed by atoms with van der Waals surface area (Å²) in [6.07, 6.45) is 4.58. The van der Waals surface area contributed by atoms with Crippen LogP contribution in [0.1, 0.15) is 30.9 Å². The highest BCUT2D eigenvalue weighted by Crippen LogP contribution is 2.24. The number of benzene rings is 1. The summed E-state index contributed by atoms with van der Waals surface area (Å²) in [5.41, 5.74) is 2.38. The molecule has 24 heavy (non-hydrogen) atoms. The van der Waals surface area contributed by atoms with E-state index in [2.05, 4.69) is 10.1 Å². The van der Waals surface area contributed by atoms with Crippen molar-refractivity contribution in [3.8, 4) is 0 Å². The molecule has 0 N–H and O–H groups in total. The highest BCUT2D eigenvalue weighted by molar-refractivity contribution is 6.42. The molecule has 0 saturated carbocycles. The Morgan fingerprint density at radius 1 is 1.21 bits per heavy atom. The second-order valence-electron chi connectivity index (χ2n) is 5.16. The molecule has 0 fully saturated rings. The van der Waals surface area contributed by atoms with E-state index in [1.165, 1.54) is 0 Å². The van der Waals surface area contributed by atoms with Gasteiger partial charge < -0.3 is 4.84 Å². The second-order valence-corrected chi connectivity index (χ2v) is 5.98. The Morgan fingerprint density at radius 2 is 2.04 bits per heavy atom. The minimum atomic E-state index is 0.118. The molecule has 0 aliphatic heterocycles. The van der Waals surface area contributed by atoms with Gasteiger partial charge in [0.25, 0.3) is 0 Å². The SMILES string of the molecule is CCON=C(CCC(=O)Cc1cccnc1)c1ccc(Cl)c(Cl)c1. The fourth-order valence-corrected chi connectivity index (χ4v) is 2.44. The summed E-state index contributed by atoms with van der Waals surface area (Å²) in [4.78, 5) is 21.3. The van der Waals surface area contributed by atoms with Crippen molar-refractivity contribution < 1.29 is 9.63 Å². The van der Waals surface area contributed by atoms with Gasteiger partial charge >= 0.3 is 0 Å². The standard InChI is InChI=1S/C18H18Cl2N2O2/c1-2-24-22-18(14-5-7-16(19)17(20)11-14)8-6-15(23)10-13-4-3-9-21-12-13/h3-5,7,9,11-12H,2,6,8,10H2,1H3. The number of Topliss-reactive ketones (excluding diaryl/α,β-unsaturated/α-hetero) is 1. The first kappa shape index (κ1) is 18.4. The van der Waals surface area contributed by atoms with Gasteiger partial charge in [-0.1, -0.05) is 40.5 Å². The van der Waals surface area contributed by atoms with E-state index in [4.69, 9.17) is 28.0 Å². The molecule has 4 nitrogen and oxygen atoms in total. The normalized spacial score (nSPS) is 11.4. The Kier molecular flexibility index (Phi) is 7.22. The number of carbonyl (C=O) groups excluding carboxylic acids is 1. The van der Waals surface area contributed by atoms with E-state index in [0.717, 1.165) is 11.1 Å². The Bertz CT molecular complexity index is 718. The van der Waals surface area contributed by atoms with Gasteiger partial charge in [-0.3, -0.25) is 9.78 Å². The summed E-state index contributed by atoms with van der Waals surface area (Å²) in [6.45, 7) is 2.30. The number of hydrogen-bond acceptors (Lipinski definition) is 4. The topological polar surface area (TPSA) is 51.5 Å². The number of halogens is 2. The van der Waals surface area contributed by atoms with Crippen LogP contribution in [0.4, 0.5) is 0 Å². The average Bonchev–Trinajstić information content (AvgIpc) is 2.58. The maximum absolute atomic E-state index is 12.2. The molecule has 0 aliphatic carbocycles. The lowest BCUT2D eigenvalue weighted by atomic mass is 10.0. The molecule has 1 aromatic heterocycles. The van der Waals surface area contributed by atoms with Gasteiger partial charge in [0.1, 0.15) is 12.4 Å². The van der Waals surface area contributed by atoms with Crippen molar-refractivity contribution in [3.63, 3.8) is 0 Å². The summed E-state index contributed by atoms with van der Waals surface area (Å²) in [5.74, 6) is 0.118. The summed E-state index contributed by atoms with van der Waals surface area (Å²) in [5, 5.41) is 5.03. The summed E-state index contributed by atoms with van der Waals surface area (Å²) in [7, 11) is 0. The monoisotopic (exact) mass is 364 g/mol. The van der Waals surface area contributed by atoms with E-state index in [0.29, 0.717) is 41.6 Å². The second kappa shape index (κ2) is 9.40. The molecule has 1 heterocycles. The lowest BCUT2D eigenvalue weighted by Gasteiger charge is -2.08. The van der Waals surface area contributed by atoms with Crippen molar-refractivity contribution in [1.29, 1.82) is 0 Å². The number of aromatic nitrogens is 1. The van der Waals surface area contributed by atoms with Crippen LogP contribution in [0.5, 0.6) is 0 Å². The first-order valence-corrected chi connectivity index (χ1v) is 8.40. The first-order chi connectivity index (χ1) is 11.6. The third kappa shape index (κ3) is 5.62. The largest absolute Gasteiger partial charge is 0.396 e. The zero-order chi connectivity index (χ0) is 17.4. The van der Waals surface area contributed by atoms with Crippen molar-refractivity contribution >= 4 is 34.7 Å². The van der Waals surface area contributed by atoms with Gasteiger partial charge in [-0.25, -0.2) is 0 Å².